The molecule has 0 unspecified atom stereocenters. The Labute approximate surface area is 93.7 Å². The Morgan fingerprint density at radius 1 is 1.12 bits per heavy atom. The molecule has 0 spiro atoms. The molecule has 0 radical (unpaired) electrons. The lowest BCUT2D eigenvalue weighted by molar-refractivity contribution is -0.300. The largest absolute Gasteiger partial charge is 0.543 e. The Kier molecular flexibility index (Phi) is 5.42. The first-order valence-electron chi connectivity index (χ1n) is 4.18. The van der Waals surface area contributed by atoms with Crippen molar-refractivity contribution in [1.82, 2.24) is 10.2 Å². The molecule has 0 aliphatic heterocycles. The third-order valence-corrected chi connectivity index (χ3v) is 1.60. The van der Waals surface area contributed by atoms with Gasteiger partial charge >= 0.3 is 6.43 Å². The standard InChI is InChI=1S/C8H10F4N2O3/c1-14(2)4(5(9)10)3(8(16)17)13-7(15)6(11)12/h5-6H,1-2H3,(H,13,15)(H,16,17)/p-1. The molecule has 0 bridgehead atoms. The van der Waals surface area contributed by atoms with Crippen LogP contribution in [0, 0.1) is 0 Å². The van der Waals surface area contributed by atoms with Gasteiger partial charge in [0.1, 0.15) is 5.70 Å². The summed E-state index contributed by atoms with van der Waals surface area (Å²) in [7, 11) is 2.14. The summed E-state index contributed by atoms with van der Waals surface area (Å²) in [6.45, 7) is 0. The molecular weight excluding hydrogens is 248 g/mol. The Morgan fingerprint density at radius 2 is 1.59 bits per heavy atom. The molecule has 0 heterocycles. The molecule has 0 fully saturated rings. The van der Waals surface area contributed by atoms with Crippen molar-refractivity contribution in [2.45, 2.75) is 12.9 Å². The number of allylic oxidation sites excluding steroid dienone is 1. The van der Waals surface area contributed by atoms with E-state index in [9.17, 15) is 32.3 Å². The molecule has 0 aliphatic rings. The van der Waals surface area contributed by atoms with Gasteiger partial charge in [-0.1, -0.05) is 0 Å². The average molecular weight is 257 g/mol. The van der Waals surface area contributed by atoms with Crippen LogP contribution < -0.4 is 10.4 Å². The van der Waals surface area contributed by atoms with Crippen molar-refractivity contribution in [3.05, 3.63) is 11.4 Å². The molecule has 0 aromatic heterocycles. The highest BCUT2D eigenvalue weighted by atomic mass is 19.3. The van der Waals surface area contributed by atoms with Crippen molar-refractivity contribution in [2.24, 2.45) is 0 Å². The van der Waals surface area contributed by atoms with E-state index in [1.807, 2.05) is 0 Å². The minimum Gasteiger partial charge on any atom is -0.543 e. The highest BCUT2D eigenvalue weighted by Crippen LogP contribution is 2.15. The maximum absolute atomic E-state index is 12.5. The topological polar surface area (TPSA) is 72.5 Å². The number of hydrogen-bond acceptors (Lipinski definition) is 4. The molecule has 0 aromatic rings. The van der Waals surface area contributed by atoms with Crippen molar-refractivity contribution in [3.8, 4) is 0 Å². The van der Waals surface area contributed by atoms with Crippen molar-refractivity contribution in [2.75, 3.05) is 14.1 Å². The smallest absolute Gasteiger partial charge is 0.315 e. The minimum absolute atomic E-state index is 0.682. The summed E-state index contributed by atoms with van der Waals surface area (Å²) in [5.74, 6) is -4.17. The lowest BCUT2D eigenvalue weighted by Gasteiger charge is -2.22. The van der Waals surface area contributed by atoms with Crippen LogP contribution in [0.4, 0.5) is 17.6 Å². The van der Waals surface area contributed by atoms with E-state index >= 15 is 0 Å². The normalized spacial score (nSPS) is 12.5. The van der Waals surface area contributed by atoms with E-state index in [4.69, 9.17) is 0 Å². The van der Waals surface area contributed by atoms with Crippen molar-refractivity contribution in [1.29, 1.82) is 0 Å². The predicted molar refractivity (Wildman–Crippen MR) is 45.9 cm³/mol. The summed E-state index contributed by atoms with van der Waals surface area (Å²) in [6.07, 6.45) is -6.79. The van der Waals surface area contributed by atoms with Crippen molar-refractivity contribution < 1.29 is 32.3 Å². The number of alkyl halides is 4. The van der Waals surface area contributed by atoms with E-state index in [1.54, 1.807) is 0 Å². The SMILES string of the molecule is CN(C)C(=C(NC(=O)C(F)F)C(=O)[O-])C(F)F. The first-order chi connectivity index (χ1) is 7.68. The van der Waals surface area contributed by atoms with E-state index < -0.39 is 36.1 Å². The molecule has 0 aromatic carbocycles. The fourth-order valence-corrected chi connectivity index (χ4v) is 0.925. The zero-order valence-corrected chi connectivity index (χ0v) is 8.84. The number of aliphatic carboxylic acids is 1. The van der Waals surface area contributed by atoms with Crippen LogP contribution in [0.25, 0.3) is 0 Å². The van der Waals surface area contributed by atoms with Gasteiger partial charge < -0.3 is 20.1 Å². The molecule has 1 N–H and O–H groups in total. The van der Waals surface area contributed by atoms with Crippen LogP contribution in [0.3, 0.4) is 0 Å². The van der Waals surface area contributed by atoms with Crippen molar-refractivity contribution >= 4 is 11.9 Å². The summed E-state index contributed by atoms with van der Waals surface area (Å²) < 4.78 is 48.7. The number of nitrogens with one attached hydrogen (secondary N) is 1. The molecule has 0 saturated heterocycles. The van der Waals surface area contributed by atoms with Gasteiger partial charge in [0.05, 0.1) is 11.7 Å². The lowest BCUT2D eigenvalue weighted by Crippen LogP contribution is -2.41. The third-order valence-electron chi connectivity index (χ3n) is 1.60. The number of hydrogen-bond donors (Lipinski definition) is 1. The van der Waals surface area contributed by atoms with Gasteiger partial charge in [-0.2, -0.15) is 8.78 Å². The van der Waals surface area contributed by atoms with Crippen LogP contribution in [0.5, 0.6) is 0 Å². The Hall–Kier alpha value is -1.80. The fraction of sp³-hybridized carbons (Fsp3) is 0.500. The number of carbonyl (C=O) groups is 2. The summed E-state index contributed by atoms with van der Waals surface area (Å²) in [5, 5.41) is 11.7. The third kappa shape index (κ3) is 4.29. The zero-order valence-electron chi connectivity index (χ0n) is 8.84. The molecule has 0 rings (SSSR count). The van der Waals surface area contributed by atoms with Crippen LogP contribution >= 0.6 is 0 Å². The molecule has 0 atom stereocenters. The highest BCUT2D eigenvalue weighted by molar-refractivity contribution is 5.93. The molecule has 1 amide bonds. The molecule has 0 aliphatic carbocycles. The molecule has 0 saturated carbocycles. The maximum atomic E-state index is 12.5. The average Bonchev–Trinajstić information content (AvgIpc) is 2.14. The number of carboxylic acids is 1. The second kappa shape index (κ2) is 6.06. The number of carboxylic acid groups (broad SMARTS) is 1. The zero-order chi connectivity index (χ0) is 13.7. The Bertz CT molecular complexity index is 332. The molecule has 9 heteroatoms. The number of halogens is 4. The van der Waals surface area contributed by atoms with Gasteiger partial charge in [-0.25, -0.2) is 8.78 Å². The predicted octanol–water partition coefficient (Wildman–Crippen LogP) is -0.844. The van der Waals surface area contributed by atoms with Gasteiger partial charge in [-0.3, -0.25) is 4.79 Å². The van der Waals surface area contributed by atoms with Crippen molar-refractivity contribution in [3.63, 3.8) is 0 Å². The van der Waals surface area contributed by atoms with Gasteiger partial charge in [-0.15, -0.1) is 0 Å². The van der Waals surface area contributed by atoms with Crippen LogP contribution in [0.2, 0.25) is 0 Å². The molecular formula is C8H9F4N2O3-. The summed E-state index contributed by atoms with van der Waals surface area (Å²) >= 11 is 0. The van der Waals surface area contributed by atoms with Crippen LogP contribution in [0.1, 0.15) is 0 Å². The number of carbonyl (C=O) groups excluding carboxylic acids is 2. The van der Waals surface area contributed by atoms with E-state index in [0.717, 1.165) is 14.1 Å². The number of amides is 1. The maximum Gasteiger partial charge on any atom is 0.315 e. The summed E-state index contributed by atoms with van der Waals surface area (Å²) in [6, 6.07) is 0. The monoisotopic (exact) mass is 257 g/mol. The van der Waals surface area contributed by atoms with E-state index in [0.29, 0.717) is 4.90 Å². The summed E-state index contributed by atoms with van der Waals surface area (Å²) in [5.41, 5.74) is -2.51. The van der Waals surface area contributed by atoms with Gasteiger partial charge in [0, 0.05) is 14.1 Å². The molecule has 98 valence electrons. The highest BCUT2D eigenvalue weighted by Gasteiger charge is 2.24. The summed E-state index contributed by atoms with van der Waals surface area (Å²) in [4.78, 5) is 21.8. The van der Waals surface area contributed by atoms with Gasteiger partial charge in [0.2, 0.25) is 0 Å². The molecule has 5 nitrogen and oxygen atoms in total. The number of rotatable bonds is 5. The van der Waals surface area contributed by atoms with Gasteiger partial charge in [-0.05, 0) is 0 Å². The first kappa shape index (κ1) is 15.2. The fourth-order valence-electron chi connectivity index (χ4n) is 0.925. The first-order valence-corrected chi connectivity index (χ1v) is 4.18. The Morgan fingerprint density at radius 3 is 1.82 bits per heavy atom. The van der Waals surface area contributed by atoms with Crippen LogP contribution in [-0.2, 0) is 9.59 Å². The van der Waals surface area contributed by atoms with Crippen LogP contribution in [-0.4, -0.2) is 43.7 Å². The quantitative estimate of drug-likeness (QED) is 0.514. The van der Waals surface area contributed by atoms with E-state index in [2.05, 4.69) is 0 Å². The van der Waals surface area contributed by atoms with Crippen LogP contribution in [0.15, 0.2) is 11.4 Å². The van der Waals surface area contributed by atoms with Gasteiger partial charge in [0.25, 0.3) is 12.3 Å². The van der Waals surface area contributed by atoms with E-state index in [1.165, 1.54) is 5.32 Å². The lowest BCUT2D eigenvalue weighted by atomic mass is 10.3. The second-order valence-electron chi connectivity index (χ2n) is 3.03. The molecule has 17 heavy (non-hydrogen) atoms. The second-order valence-corrected chi connectivity index (χ2v) is 3.03. The minimum atomic E-state index is -3.52. The van der Waals surface area contributed by atoms with Gasteiger partial charge in [0.15, 0.2) is 0 Å². The van der Waals surface area contributed by atoms with E-state index in [-0.39, 0.29) is 0 Å². The Balaban J connectivity index is 5.38. The number of nitrogens with zero attached hydrogens (tertiary/aromatic N) is 1.